The van der Waals surface area contributed by atoms with E-state index in [1.165, 1.54) is 5.56 Å². The third kappa shape index (κ3) is 2.93. The Morgan fingerprint density at radius 1 is 1.33 bits per heavy atom. The zero-order valence-electron chi connectivity index (χ0n) is 9.84. The lowest BCUT2D eigenvalue weighted by molar-refractivity contribution is 0.410. The molecule has 1 atom stereocenters. The topological polar surface area (TPSA) is 9.23 Å². The van der Waals surface area contributed by atoms with Crippen LogP contribution in [0.1, 0.15) is 20.8 Å². The molecule has 1 nitrogen and oxygen atoms in total. The highest BCUT2D eigenvalue weighted by molar-refractivity contribution is 9.10. The van der Waals surface area contributed by atoms with E-state index in [4.69, 9.17) is 16.3 Å². The summed E-state index contributed by atoms with van der Waals surface area (Å²) in [6, 6.07) is 8.19. The predicted octanol–water partition coefficient (Wildman–Crippen LogP) is 5.97. The summed E-state index contributed by atoms with van der Waals surface area (Å²) in [7, 11) is 1.69. The summed E-state index contributed by atoms with van der Waals surface area (Å²) < 4.78 is 7.11. The second-order valence-corrected chi connectivity index (χ2v) is 7.33. The molecule has 0 saturated heterocycles. The van der Waals surface area contributed by atoms with Gasteiger partial charge in [0, 0.05) is 14.9 Å². The standard InChI is InChI=1S/C13H11Br2ClOS/c1-7-3-4-10(17-2)8(5-7)12(15)11-6-9(14)13(16)18-11/h3-6,12H,1-2H3. The second-order valence-electron chi connectivity index (χ2n) is 3.88. The molecule has 0 fully saturated rings. The molecule has 0 aliphatic heterocycles. The molecule has 1 aromatic carbocycles. The van der Waals surface area contributed by atoms with Crippen LogP contribution in [0.5, 0.6) is 5.75 Å². The molecule has 2 aromatic rings. The van der Waals surface area contributed by atoms with Crippen LogP contribution in [0.25, 0.3) is 0 Å². The number of rotatable bonds is 3. The van der Waals surface area contributed by atoms with Gasteiger partial charge in [-0.2, -0.15) is 0 Å². The van der Waals surface area contributed by atoms with Gasteiger partial charge < -0.3 is 4.74 Å². The van der Waals surface area contributed by atoms with Gasteiger partial charge in [-0.1, -0.05) is 45.2 Å². The predicted molar refractivity (Wildman–Crippen MR) is 85.5 cm³/mol. The van der Waals surface area contributed by atoms with Gasteiger partial charge in [0.2, 0.25) is 0 Å². The largest absolute Gasteiger partial charge is 0.496 e. The maximum absolute atomic E-state index is 6.09. The third-order valence-electron chi connectivity index (χ3n) is 2.57. The molecule has 1 unspecified atom stereocenters. The number of ether oxygens (including phenoxy) is 1. The summed E-state index contributed by atoms with van der Waals surface area (Å²) >= 11 is 14.8. The molecule has 0 spiro atoms. The number of benzene rings is 1. The molecule has 1 heterocycles. The van der Waals surface area contributed by atoms with Crippen molar-refractivity contribution in [2.45, 2.75) is 11.8 Å². The summed E-state index contributed by atoms with van der Waals surface area (Å²) in [4.78, 5) is 1.23. The van der Waals surface area contributed by atoms with E-state index in [2.05, 4.69) is 44.8 Å². The van der Waals surface area contributed by atoms with Crippen LogP contribution in [0, 0.1) is 6.92 Å². The van der Waals surface area contributed by atoms with Crippen LogP contribution in [0.15, 0.2) is 28.7 Å². The fraction of sp³-hybridized carbons (Fsp3) is 0.231. The fourth-order valence-corrected chi connectivity index (χ4v) is 4.20. The molecule has 96 valence electrons. The molecule has 0 saturated carbocycles. The van der Waals surface area contributed by atoms with Gasteiger partial charge >= 0.3 is 0 Å². The number of thiophene rings is 1. The Balaban J connectivity index is 2.44. The van der Waals surface area contributed by atoms with Crippen molar-refractivity contribution in [1.82, 2.24) is 0 Å². The van der Waals surface area contributed by atoms with E-state index in [0.29, 0.717) is 0 Å². The molecule has 1 aromatic heterocycles. The van der Waals surface area contributed by atoms with Crippen LogP contribution >= 0.6 is 54.8 Å². The van der Waals surface area contributed by atoms with Crippen molar-refractivity contribution in [2.24, 2.45) is 0 Å². The minimum atomic E-state index is 0.0844. The van der Waals surface area contributed by atoms with Gasteiger partial charge in [-0.15, -0.1) is 11.3 Å². The van der Waals surface area contributed by atoms with Crippen LogP contribution in [-0.2, 0) is 0 Å². The lowest BCUT2D eigenvalue weighted by atomic mass is 10.1. The highest BCUT2D eigenvalue weighted by Crippen LogP contribution is 2.43. The Morgan fingerprint density at radius 3 is 2.61 bits per heavy atom. The van der Waals surface area contributed by atoms with Crippen LogP contribution in [0.2, 0.25) is 4.34 Å². The SMILES string of the molecule is COc1ccc(C)cc1C(Br)c1cc(Br)c(Cl)s1. The van der Waals surface area contributed by atoms with Crippen LogP contribution < -0.4 is 4.74 Å². The average Bonchev–Trinajstić information content (AvgIpc) is 2.68. The van der Waals surface area contributed by atoms with Gasteiger partial charge in [-0.05, 0) is 35.0 Å². The first-order valence-corrected chi connectivity index (χ1v) is 8.16. The van der Waals surface area contributed by atoms with Gasteiger partial charge in [-0.3, -0.25) is 0 Å². The lowest BCUT2D eigenvalue weighted by Crippen LogP contribution is -1.96. The van der Waals surface area contributed by atoms with E-state index in [0.717, 1.165) is 25.0 Å². The van der Waals surface area contributed by atoms with Crippen molar-refractivity contribution in [3.63, 3.8) is 0 Å². The maximum Gasteiger partial charge on any atom is 0.123 e. The molecule has 0 aliphatic carbocycles. The van der Waals surface area contributed by atoms with Gasteiger partial charge in [0.25, 0.3) is 0 Å². The van der Waals surface area contributed by atoms with Crippen molar-refractivity contribution in [3.05, 3.63) is 49.1 Å². The molecule has 0 aliphatic rings. The minimum absolute atomic E-state index is 0.0844. The Morgan fingerprint density at radius 2 is 2.06 bits per heavy atom. The molecule has 5 heteroatoms. The van der Waals surface area contributed by atoms with E-state index < -0.39 is 0 Å². The van der Waals surface area contributed by atoms with Crippen molar-refractivity contribution < 1.29 is 4.74 Å². The first-order valence-electron chi connectivity index (χ1n) is 5.26. The van der Waals surface area contributed by atoms with E-state index >= 15 is 0 Å². The smallest absolute Gasteiger partial charge is 0.123 e. The monoisotopic (exact) mass is 408 g/mol. The van der Waals surface area contributed by atoms with Crippen molar-refractivity contribution in [2.75, 3.05) is 7.11 Å². The van der Waals surface area contributed by atoms with Gasteiger partial charge in [0.15, 0.2) is 0 Å². The molecular formula is C13H11Br2ClOS. The fourth-order valence-electron chi connectivity index (χ4n) is 1.69. The number of halogens is 3. The molecule has 2 rings (SSSR count). The maximum atomic E-state index is 6.09. The first-order chi connectivity index (χ1) is 8.52. The number of hydrogen-bond acceptors (Lipinski definition) is 2. The summed E-state index contributed by atoms with van der Waals surface area (Å²) in [5.74, 6) is 0.878. The van der Waals surface area contributed by atoms with Crippen molar-refractivity contribution in [1.29, 1.82) is 0 Å². The van der Waals surface area contributed by atoms with Gasteiger partial charge in [0.05, 0.1) is 11.9 Å². The van der Waals surface area contributed by atoms with E-state index in [1.807, 2.05) is 18.2 Å². The Kier molecular flexibility index (Phi) is 4.75. The van der Waals surface area contributed by atoms with E-state index in [9.17, 15) is 0 Å². The highest BCUT2D eigenvalue weighted by Gasteiger charge is 2.18. The number of hydrogen-bond donors (Lipinski definition) is 0. The van der Waals surface area contributed by atoms with Crippen LogP contribution in [-0.4, -0.2) is 7.11 Å². The highest BCUT2D eigenvalue weighted by atomic mass is 79.9. The summed E-state index contributed by atoms with van der Waals surface area (Å²) in [6.45, 7) is 2.07. The molecule has 0 bridgehead atoms. The average molecular weight is 411 g/mol. The quantitative estimate of drug-likeness (QED) is 0.567. The Labute approximate surface area is 132 Å². The second kappa shape index (κ2) is 5.95. The molecule has 0 N–H and O–H groups in total. The molecule has 18 heavy (non-hydrogen) atoms. The zero-order chi connectivity index (χ0) is 13.3. The normalized spacial score (nSPS) is 12.5. The molecular weight excluding hydrogens is 399 g/mol. The minimum Gasteiger partial charge on any atom is -0.496 e. The number of methoxy groups -OCH3 is 1. The zero-order valence-corrected chi connectivity index (χ0v) is 14.6. The van der Waals surface area contributed by atoms with Crippen LogP contribution in [0.4, 0.5) is 0 Å². The van der Waals surface area contributed by atoms with E-state index in [-0.39, 0.29) is 4.83 Å². The first kappa shape index (κ1) is 14.4. The Bertz CT molecular complexity index is 549. The number of aryl methyl sites for hydroxylation is 1. The van der Waals surface area contributed by atoms with Gasteiger partial charge in [-0.25, -0.2) is 0 Å². The summed E-state index contributed by atoms with van der Waals surface area (Å²) in [5.41, 5.74) is 2.32. The van der Waals surface area contributed by atoms with Gasteiger partial charge in [0.1, 0.15) is 10.1 Å². The summed E-state index contributed by atoms with van der Waals surface area (Å²) in [6.07, 6.45) is 0. The van der Waals surface area contributed by atoms with Crippen molar-refractivity contribution in [3.8, 4) is 5.75 Å². The Hall–Kier alpha value is -0.0300. The summed E-state index contributed by atoms with van der Waals surface area (Å²) in [5, 5.41) is 0. The number of alkyl halides is 1. The van der Waals surface area contributed by atoms with E-state index in [1.54, 1.807) is 18.4 Å². The third-order valence-corrected chi connectivity index (χ3v) is 6.40. The lowest BCUT2D eigenvalue weighted by Gasteiger charge is -2.13. The van der Waals surface area contributed by atoms with Crippen molar-refractivity contribution >= 4 is 54.8 Å². The molecule has 0 amide bonds. The van der Waals surface area contributed by atoms with Crippen LogP contribution in [0.3, 0.4) is 0 Å². The molecule has 0 radical (unpaired) electrons.